The van der Waals surface area contributed by atoms with E-state index in [4.69, 9.17) is 11.6 Å². The molecule has 0 aromatic carbocycles. The van der Waals surface area contributed by atoms with Gasteiger partial charge in [-0.2, -0.15) is 0 Å². The Balaban J connectivity index is 2.07. The third kappa shape index (κ3) is 2.66. The van der Waals surface area contributed by atoms with Gasteiger partial charge in [0.15, 0.2) is 0 Å². The summed E-state index contributed by atoms with van der Waals surface area (Å²) in [6.07, 6.45) is 6.45. The topological polar surface area (TPSA) is 33.2 Å². The number of piperidine rings is 1. The molecule has 1 aromatic heterocycles. The highest BCUT2D eigenvalue weighted by molar-refractivity contribution is 6.33. The zero-order chi connectivity index (χ0) is 13.2. The standard InChI is InChI=1S/C14H19ClN2O/c1-3-14(2)5-8-17(9-6-14)13(18)11-10-16-7-4-12(11)15/h4,7,10H,3,5-6,8-9H2,1-2H3. The minimum atomic E-state index is 0.00579. The fourth-order valence-electron chi connectivity index (χ4n) is 2.31. The molecule has 1 amide bonds. The summed E-state index contributed by atoms with van der Waals surface area (Å²) < 4.78 is 0. The maximum Gasteiger partial charge on any atom is 0.256 e. The van der Waals surface area contributed by atoms with Gasteiger partial charge < -0.3 is 4.90 Å². The Morgan fingerprint density at radius 3 is 2.72 bits per heavy atom. The molecule has 0 atom stereocenters. The summed E-state index contributed by atoms with van der Waals surface area (Å²) in [5.41, 5.74) is 0.898. The Labute approximate surface area is 113 Å². The average molecular weight is 267 g/mol. The first kappa shape index (κ1) is 13.3. The van der Waals surface area contributed by atoms with E-state index in [1.807, 2.05) is 4.90 Å². The number of amides is 1. The Kier molecular flexibility index (Phi) is 3.91. The largest absolute Gasteiger partial charge is 0.339 e. The van der Waals surface area contributed by atoms with Crippen molar-refractivity contribution in [3.8, 4) is 0 Å². The molecular formula is C14H19ClN2O. The highest BCUT2D eigenvalue weighted by Crippen LogP contribution is 2.34. The quantitative estimate of drug-likeness (QED) is 0.822. The Bertz CT molecular complexity index is 439. The summed E-state index contributed by atoms with van der Waals surface area (Å²) in [6.45, 7) is 6.14. The van der Waals surface area contributed by atoms with Crippen LogP contribution in [0.5, 0.6) is 0 Å². The molecule has 98 valence electrons. The normalized spacial score (nSPS) is 18.7. The second-order valence-electron chi connectivity index (χ2n) is 5.31. The van der Waals surface area contributed by atoms with Crippen LogP contribution in [0.15, 0.2) is 18.5 Å². The molecule has 4 heteroatoms. The molecule has 1 fully saturated rings. The monoisotopic (exact) mass is 266 g/mol. The van der Waals surface area contributed by atoms with E-state index in [-0.39, 0.29) is 5.91 Å². The highest BCUT2D eigenvalue weighted by atomic mass is 35.5. The minimum absolute atomic E-state index is 0.00579. The molecule has 0 N–H and O–H groups in total. The lowest BCUT2D eigenvalue weighted by molar-refractivity contribution is 0.0600. The molecule has 1 aliphatic rings. The van der Waals surface area contributed by atoms with Gasteiger partial charge in [-0.05, 0) is 24.3 Å². The van der Waals surface area contributed by atoms with Crippen molar-refractivity contribution in [2.45, 2.75) is 33.1 Å². The van der Waals surface area contributed by atoms with Gasteiger partial charge in [-0.3, -0.25) is 9.78 Å². The third-order valence-corrected chi connectivity index (χ3v) is 4.44. The number of halogens is 1. The highest BCUT2D eigenvalue weighted by Gasteiger charge is 2.31. The van der Waals surface area contributed by atoms with Crippen LogP contribution in [-0.2, 0) is 0 Å². The summed E-state index contributed by atoms with van der Waals surface area (Å²) >= 11 is 6.03. The third-order valence-electron chi connectivity index (χ3n) is 4.11. The fourth-order valence-corrected chi connectivity index (χ4v) is 2.49. The smallest absolute Gasteiger partial charge is 0.256 e. The summed E-state index contributed by atoms with van der Waals surface area (Å²) in [5, 5.41) is 0.485. The van der Waals surface area contributed by atoms with E-state index in [2.05, 4.69) is 18.8 Å². The summed E-state index contributed by atoms with van der Waals surface area (Å²) in [7, 11) is 0. The van der Waals surface area contributed by atoms with Crippen molar-refractivity contribution in [1.29, 1.82) is 0 Å². The molecule has 0 radical (unpaired) electrons. The summed E-state index contributed by atoms with van der Waals surface area (Å²) in [6, 6.07) is 1.66. The molecule has 0 spiro atoms. The Hall–Kier alpha value is -1.09. The van der Waals surface area contributed by atoms with Crippen molar-refractivity contribution in [1.82, 2.24) is 9.88 Å². The predicted molar refractivity (Wildman–Crippen MR) is 72.8 cm³/mol. The minimum Gasteiger partial charge on any atom is -0.339 e. The van der Waals surface area contributed by atoms with Crippen molar-refractivity contribution >= 4 is 17.5 Å². The van der Waals surface area contributed by atoms with Crippen LogP contribution in [0.4, 0.5) is 0 Å². The van der Waals surface area contributed by atoms with E-state index < -0.39 is 0 Å². The van der Waals surface area contributed by atoms with Gasteiger partial charge in [0.25, 0.3) is 5.91 Å². The van der Waals surface area contributed by atoms with Crippen molar-refractivity contribution in [3.63, 3.8) is 0 Å². The molecule has 2 heterocycles. The first-order valence-corrected chi connectivity index (χ1v) is 6.82. The molecule has 18 heavy (non-hydrogen) atoms. The van der Waals surface area contributed by atoms with Gasteiger partial charge in [0.05, 0.1) is 10.6 Å². The second-order valence-corrected chi connectivity index (χ2v) is 5.72. The van der Waals surface area contributed by atoms with Gasteiger partial charge in [-0.25, -0.2) is 0 Å². The van der Waals surface area contributed by atoms with Crippen LogP contribution in [-0.4, -0.2) is 28.9 Å². The van der Waals surface area contributed by atoms with E-state index >= 15 is 0 Å². The molecule has 0 unspecified atom stereocenters. The van der Waals surface area contributed by atoms with Gasteiger partial charge in [-0.1, -0.05) is 31.9 Å². The first-order valence-electron chi connectivity index (χ1n) is 6.44. The molecule has 1 saturated heterocycles. The molecule has 0 bridgehead atoms. The van der Waals surface area contributed by atoms with Crippen LogP contribution in [0.3, 0.4) is 0 Å². The first-order chi connectivity index (χ1) is 8.56. The fraction of sp³-hybridized carbons (Fsp3) is 0.571. The van der Waals surface area contributed by atoms with Crippen LogP contribution in [0.25, 0.3) is 0 Å². The number of hydrogen-bond donors (Lipinski definition) is 0. The Morgan fingerprint density at radius 2 is 2.17 bits per heavy atom. The van der Waals surface area contributed by atoms with E-state index in [9.17, 15) is 4.79 Å². The van der Waals surface area contributed by atoms with Gasteiger partial charge in [0, 0.05) is 25.5 Å². The van der Waals surface area contributed by atoms with Crippen LogP contribution >= 0.6 is 11.6 Å². The van der Waals surface area contributed by atoms with E-state index in [1.54, 1.807) is 18.5 Å². The van der Waals surface area contributed by atoms with Gasteiger partial charge in [0.1, 0.15) is 0 Å². The molecule has 2 rings (SSSR count). The lowest BCUT2D eigenvalue weighted by Crippen LogP contribution is -2.42. The molecule has 3 nitrogen and oxygen atoms in total. The maximum atomic E-state index is 12.3. The van der Waals surface area contributed by atoms with Crippen LogP contribution in [0, 0.1) is 5.41 Å². The van der Waals surface area contributed by atoms with Crippen molar-refractivity contribution in [2.24, 2.45) is 5.41 Å². The molecule has 1 aliphatic heterocycles. The number of pyridine rings is 1. The van der Waals surface area contributed by atoms with Gasteiger partial charge >= 0.3 is 0 Å². The number of likely N-dealkylation sites (tertiary alicyclic amines) is 1. The lowest BCUT2D eigenvalue weighted by atomic mass is 9.78. The van der Waals surface area contributed by atoms with E-state index in [0.717, 1.165) is 25.9 Å². The molecule has 1 aromatic rings. The van der Waals surface area contributed by atoms with Crippen LogP contribution in [0.2, 0.25) is 5.02 Å². The van der Waals surface area contributed by atoms with Crippen molar-refractivity contribution in [2.75, 3.05) is 13.1 Å². The molecule has 0 saturated carbocycles. The lowest BCUT2D eigenvalue weighted by Gasteiger charge is -2.39. The van der Waals surface area contributed by atoms with Gasteiger partial charge in [-0.15, -0.1) is 0 Å². The summed E-state index contributed by atoms with van der Waals surface area (Å²) in [4.78, 5) is 18.2. The predicted octanol–water partition coefficient (Wildman–Crippen LogP) is 3.39. The average Bonchev–Trinajstić information content (AvgIpc) is 2.39. The Morgan fingerprint density at radius 1 is 1.50 bits per heavy atom. The number of carbonyl (C=O) groups is 1. The number of rotatable bonds is 2. The van der Waals surface area contributed by atoms with Gasteiger partial charge in [0.2, 0.25) is 0 Å². The maximum absolute atomic E-state index is 12.3. The molecule has 0 aliphatic carbocycles. The number of carbonyl (C=O) groups excluding carboxylic acids is 1. The van der Waals surface area contributed by atoms with Crippen LogP contribution < -0.4 is 0 Å². The van der Waals surface area contributed by atoms with Crippen molar-refractivity contribution in [3.05, 3.63) is 29.0 Å². The SMILES string of the molecule is CCC1(C)CCN(C(=O)c2cnccc2Cl)CC1. The molecular weight excluding hydrogens is 248 g/mol. The van der Waals surface area contributed by atoms with Crippen molar-refractivity contribution < 1.29 is 4.79 Å². The van der Waals surface area contributed by atoms with Crippen LogP contribution in [0.1, 0.15) is 43.5 Å². The number of aromatic nitrogens is 1. The zero-order valence-corrected chi connectivity index (χ0v) is 11.7. The van der Waals surface area contributed by atoms with E-state index in [1.165, 1.54) is 6.42 Å². The number of nitrogens with zero attached hydrogens (tertiary/aromatic N) is 2. The summed E-state index contributed by atoms with van der Waals surface area (Å²) in [5.74, 6) is 0.00579. The second kappa shape index (κ2) is 5.27. The zero-order valence-electron chi connectivity index (χ0n) is 10.9. The van der Waals surface area contributed by atoms with E-state index in [0.29, 0.717) is 16.0 Å². The number of hydrogen-bond acceptors (Lipinski definition) is 2.